The Morgan fingerprint density at radius 3 is 2.73 bits per heavy atom. The maximum absolute atomic E-state index is 14.3. The zero-order chi connectivity index (χ0) is 15.9. The van der Waals surface area contributed by atoms with Gasteiger partial charge >= 0.3 is 5.97 Å². The molecule has 0 radical (unpaired) electrons. The summed E-state index contributed by atoms with van der Waals surface area (Å²) in [5.74, 6) is -1.06. The van der Waals surface area contributed by atoms with E-state index in [4.69, 9.17) is 17.3 Å². The summed E-state index contributed by atoms with van der Waals surface area (Å²) in [7, 11) is 1.19. The van der Waals surface area contributed by atoms with Crippen LogP contribution >= 0.6 is 11.6 Å². The summed E-state index contributed by atoms with van der Waals surface area (Å²) in [5, 5.41) is -0.254. The normalized spacial score (nSPS) is 14.0. The first kappa shape index (κ1) is 14.7. The average Bonchev–Trinajstić information content (AvgIpc) is 3.37. The predicted octanol–water partition coefficient (Wildman–Crippen LogP) is 3.18. The van der Waals surface area contributed by atoms with Gasteiger partial charge in [0.2, 0.25) is 0 Å². The van der Waals surface area contributed by atoms with Gasteiger partial charge < -0.3 is 10.5 Å². The molecule has 0 aliphatic heterocycles. The van der Waals surface area contributed by atoms with E-state index in [-0.39, 0.29) is 22.1 Å². The number of aromatic nitrogens is 2. The Morgan fingerprint density at radius 2 is 2.18 bits per heavy atom. The van der Waals surface area contributed by atoms with Crippen LogP contribution in [0.2, 0.25) is 5.02 Å². The fourth-order valence-electron chi connectivity index (χ4n) is 2.15. The fourth-order valence-corrected chi connectivity index (χ4v) is 2.35. The van der Waals surface area contributed by atoms with E-state index in [1.54, 1.807) is 6.07 Å². The molecule has 1 fully saturated rings. The van der Waals surface area contributed by atoms with Gasteiger partial charge in [-0.2, -0.15) is 0 Å². The van der Waals surface area contributed by atoms with Crippen molar-refractivity contribution in [3.8, 4) is 11.3 Å². The van der Waals surface area contributed by atoms with Crippen LogP contribution in [0.15, 0.2) is 18.3 Å². The highest BCUT2D eigenvalue weighted by atomic mass is 35.5. The fraction of sp³-hybridized carbons (Fsp3) is 0.267. The second kappa shape index (κ2) is 5.53. The van der Waals surface area contributed by atoms with Crippen LogP contribution in [-0.4, -0.2) is 23.0 Å². The lowest BCUT2D eigenvalue weighted by atomic mass is 10.1. The Hall–Kier alpha value is -2.21. The zero-order valence-electron chi connectivity index (χ0n) is 11.8. The third kappa shape index (κ3) is 2.50. The molecular formula is C15H13ClFN3O2. The molecule has 114 valence electrons. The van der Waals surface area contributed by atoms with E-state index in [9.17, 15) is 9.18 Å². The zero-order valence-corrected chi connectivity index (χ0v) is 12.5. The van der Waals surface area contributed by atoms with Crippen molar-refractivity contribution in [3.05, 3.63) is 40.6 Å². The van der Waals surface area contributed by atoms with Gasteiger partial charge in [-0.05, 0) is 25.0 Å². The van der Waals surface area contributed by atoms with E-state index in [1.807, 2.05) is 6.07 Å². The summed E-state index contributed by atoms with van der Waals surface area (Å²) >= 11 is 5.86. The highest BCUT2D eigenvalue weighted by molar-refractivity contribution is 6.35. The van der Waals surface area contributed by atoms with Gasteiger partial charge in [0.25, 0.3) is 0 Å². The summed E-state index contributed by atoms with van der Waals surface area (Å²) in [4.78, 5) is 19.9. The highest BCUT2D eigenvalue weighted by Gasteiger charge is 2.26. The summed E-state index contributed by atoms with van der Waals surface area (Å²) < 4.78 is 18.9. The number of carbonyl (C=O) groups is 1. The smallest absolute Gasteiger partial charge is 0.358 e. The standard InChI is InChI=1S/C15H13ClFN3O2/c1-22-15(21)14-10(16)12(18)11(17)13(20-14)8-4-5-9(19-6-8)7-2-3-7/h4-7H,2-3H2,1H3,(H2,18,20). The molecule has 1 aliphatic rings. The number of esters is 1. The Labute approximate surface area is 131 Å². The second-order valence-electron chi connectivity index (χ2n) is 5.09. The molecule has 1 aliphatic carbocycles. The monoisotopic (exact) mass is 321 g/mol. The largest absolute Gasteiger partial charge is 0.464 e. The number of nitrogens with two attached hydrogens (primary N) is 1. The van der Waals surface area contributed by atoms with Gasteiger partial charge in [-0.1, -0.05) is 11.6 Å². The molecular weight excluding hydrogens is 309 g/mol. The molecule has 0 unspecified atom stereocenters. The molecule has 0 amide bonds. The molecule has 2 aromatic rings. The highest BCUT2D eigenvalue weighted by Crippen LogP contribution is 2.39. The number of nitrogens with zero attached hydrogens (tertiary/aromatic N) is 2. The molecule has 1 saturated carbocycles. The molecule has 0 atom stereocenters. The van der Waals surface area contributed by atoms with Crippen molar-refractivity contribution in [2.75, 3.05) is 12.8 Å². The number of carbonyl (C=O) groups excluding carboxylic acids is 1. The summed E-state index contributed by atoms with van der Waals surface area (Å²) in [5.41, 5.74) is 6.40. The molecule has 0 spiro atoms. The van der Waals surface area contributed by atoms with Crippen molar-refractivity contribution in [2.24, 2.45) is 0 Å². The number of methoxy groups -OCH3 is 1. The number of ether oxygens (including phenoxy) is 1. The molecule has 7 heteroatoms. The first-order valence-corrected chi connectivity index (χ1v) is 7.09. The molecule has 0 saturated heterocycles. The van der Waals surface area contributed by atoms with E-state index in [1.165, 1.54) is 13.3 Å². The number of anilines is 1. The van der Waals surface area contributed by atoms with Crippen LogP contribution in [0.25, 0.3) is 11.3 Å². The van der Waals surface area contributed by atoms with Crippen LogP contribution in [0, 0.1) is 5.82 Å². The van der Waals surface area contributed by atoms with Gasteiger partial charge in [0.05, 0.1) is 17.8 Å². The van der Waals surface area contributed by atoms with Gasteiger partial charge in [-0.3, -0.25) is 4.98 Å². The van der Waals surface area contributed by atoms with Crippen LogP contribution < -0.4 is 5.73 Å². The number of hydrogen-bond donors (Lipinski definition) is 1. The summed E-state index contributed by atoms with van der Waals surface area (Å²) in [6.45, 7) is 0. The number of halogens is 2. The lowest BCUT2D eigenvalue weighted by Gasteiger charge is -2.10. The number of pyridine rings is 2. The minimum atomic E-state index is -0.779. The number of hydrogen-bond acceptors (Lipinski definition) is 5. The van der Waals surface area contributed by atoms with Gasteiger partial charge in [-0.15, -0.1) is 0 Å². The Balaban J connectivity index is 2.08. The predicted molar refractivity (Wildman–Crippen MR) is 80.2 cm³/mol. The third-order valence-electron chi connectivity index (χ3n) is 3.55. The van der Waals surface area contributed by atoms with Crippen LogP contribution in [0.3, 0.4) is 0 Å². The van der Waals surface area contributed by atoms with Crippen LogP contribution in [0.1, 0.15) is 34.9 Å². The first-order valence-electron chi connectivity index (χ1n) is 6.72. The minimum absolute atomic E-state index is 0.0721. The third-order valence-corrected chi connectivity index (χ3v) is 3.93. The molecule has 3 rings (SSSR count). The van der Waals surface area contributed by atoms with E-state index < -0.39 is 11.8 Å². The first-order chi connectivity index (χ1) is 10.5. The Bertz CT molecular complexity index is 745. The van der Waals surface area contributed by atoms with Crippen LogP contribution in [-0.2, 0) is 4.74 Å². The maximum atomic E-state index is 14.3. The molecule has 2 N–H and O–H groups in total. The topological polar surface area (TPSA) is 78.1 Å². The van der Waals surface area contributed by atoms with Crippen molar-refractivity contribution in [3.63, 3.8) is 0 Å². The van der Waals surface area contributed by atoms with E-state index >= 15 is 0 Å². The van der Waals surface area contributed by atoms with Crippen molar-refractivity contribution in [1.29, 1.82) is 0 Å². The lowest BCUT2D eigenvalue weighted by molar-refractivity contribution is 0.0594. The quantitative estimate of drug-likeness (QED) is 0.878. The minimum Gasteiger partial charge on any atom is -0.464 e. The summed E-state index contributed by atoms with van der Waals surface area (Å²) in [6.07, 6.45) is 3.77. The van der Waals surface area contributed by atoms with Gasteiger partial charge in [0, 0.05) is 23.4 Å². The molecule has 22 heavy (non-hydrogen) atoms. The average molecular weight is 322 g/mol. The van der Waals surface area contributed by atoms with Crippen LogP contribution in [0.4, 0.5) is 10.1 Å². The van der Waals surface area contributed by atoms with Crippen LogP contribution in [0.5, 0.6) is 0 Å². The van der Waals surface area contributed by atoms with Crippen molar-refractivity contribution in [1.82, 2.24) is 9.97 Å². The molecule has 5 nitrogen and oxygen atoms in total. The van der Waals surface area contributed by atoms with E-state index in [0.717, 1.165) is 18.5 Å². The van der Waals surface area contributed by atoms with Gasteiger partial charge in [-0.25, -0.2) is 14.2 Å². The Morgan fingerprint density at radius 1 is 1.45 bits per heavy atom. The SMILES string of the molecule is COC(=O)c1nc(-c2ccc(C3CC3)nc2)c(F)c(N)c1Cl. The number of rotatable bonds is 3. The maximum Gasteiger partial charge on any atom is 0.358 e. The van der Waals surface area contributed by atoms with Crippen molar-refractivity contribution < 1.29 is 13.9 Å². The van der Waals surface area contributed by atoms with Crippen molar-refractivity contribution >= 4 is 23.3 Å². The Kier molecular flexibility index (Phi) is 3.70. The van der Waals surface area contributed by atoms with Gasteiger partial charge in [0.15, 0.2) is 11.5 Å². The van der Waals surface area contributed by atoms with Crippen molar-refractivity contribution in [2.45, 2.75) is 18.8 Å². The number of nitrogen functional groups attached to an aromatic ring is 1. The van der Waals surface area contributed by atoms with E-state index in [0.29, 0.717) is 11.5 Å². The van der Waals surface area contributed by atoms with E-state index in [2.05, 4.69) is 14.7 Å². The molecule has 2 aromatic heterocycles. The molecule has 0 bridgehead atoms. The molecule has 0 aromatic carbocycles. The summed E-state index contributed by atoms with van der Waals surface area (Å²) in [6, 6.07) is 3.54. The lowest BCUT2D eigenvalue weighted by Crippen LogP contribution is -2.10. The molecule has 2 heterocycles. The second-order valence-corrected chi connectivity index (χ2v) is 5.47. The van der Waals surface area contributed by atoms with Gasteiger partial charge in [0.1, 0.15) is 5.69 Å².